The Kier molecular flexibility index (Phi) is 3.71. The van der Waals surface area contributed by atoms with Gasteiger partial charge in [-0.25, -0.2) is 0 Å². The molecule has 18 heavy (non-hydrogen) atoms. The van der Waals surface area contributed by atoms with Crippen LogP contribution in [0.15, 0.2) is 64.9 Å². The number of hydrogen-bond donors (Lipinski definition) is 1. The van der Waals surface area contributed by atoms with E-state index in [9.17, 15) is 5.11 Å². The summed E-state index contributed by atoms with van der Waals surface area (Å²) in [6.45, 7) is 3.55. The van der Waals surface area contributed by atoms with Gasteiger partial charge in [0.25, 0.3) is 0 Å². The van der Waals surface area contributed by atoms with Crippen LogP contribution in [-0.4, -0.2) is 5.11 Å². The molecule has 3 heteroatoms. The third kappa shape index (κ3) is 2.55. The lowest BCUT2D eigenvalue weighted by Crippen LogP contribution is -1.86. The monoisotopic (exact) mass is 253 g/mol. The average molecular weight is 253 g/mol. The molecule has 2 nitrogen and oxygen atoms in total. The minimum absolute atomic E-state index is 0.0348. The molecular formula is C15H11NOS. The zero-order chi connectivity index (χ0) is 13.0. The van der Waals surface area contributed by atoms with Gasteiger partial charge >= 0.3 is 0 Å². The summed E-state index contributed by atoms with van der Waals surface area (Å²) >= 11 is 1.45. The van der Waals surface area contributed by atoms with E-state index in [1.807, 2.05) is 36.4 Å². The van der Waals surface area contributed by atoms with E-state index in [-0.39, 0.29) is 5.76 Å². The van der Waals surface area contributed by atoms with Crippen molar-refractivity contribution in [3.05, 3.63) is 66.2 Å². The van der Waals surface area contributed by atoms with Gasteiger partial charge in [0.1, 0.15) is 11.8 Å². The fraction of sp³-hybridized carbons (Fsp3) is 0. The minimum atomic E-state index is 0.0348. The lowest BCUT2D eigenvalue weighted by Gasteiger charge is -2.08. The topological polar surface area (TPSA) is 44.0 Å². The zero-order valence-corrected chi connectivity index (χ0v) is 10.4. The highest BCUT2D eigenvalue weighted by Crippen LogP contribution is 2.34. The van der Waals surface area contributed by atoms with Gasteiger partial charge in [0.05, 0.1) is 5.56 Å². The van der Waals surface area contributed by atoms with Gasteiger partial charge in [0, 0.05) is 15.4 Å². The maximum atomic E-state index is 9.54. The van der Waals surface area contributed by atoms with Crippen LogP contribution in [0.25, 0.3) is 5.76 Å². The summed E-state index contributed by atoms with van der Waals surface area (Å²) in [6.07, 6.45) is 0. The van der Waals surface area contributed by atoms with Crippen molar-refractivity contribution in [2.45, 2.75) is 9.79 Å². The largest absolute Gasteiger partial charge is 0.508 e. The second kappa shape index (κ2) is 5.44. The predicted molar refractivity (Wildman–Crippen MR) is 73.4 cm³/mol. The van der Waals surface area contributed by atoms with E-state index in [0.29, 0.717) is 11.1 Å². The number of aliphatic hydroxyl groups excluding tert-OH is 1. The molecule has 0 aliphatic rings. The molecule has 0 spiro atoms. The van der Waals surface area contributed by atoms with Gasteiger partial charge in [-0.3, -0.25) is 0 Å². The molecule has 0 heterocycles. The van der Waals surface area contributed by atoms with E-state index in [1.165, 1.54) is 11.8 Å². The van der Waals surface area contributed by atoms with E-state index >= 15 is 0 Å². The number of nitrogens with zero attached hydrogens (tertiary/aromatic N) is 1. The number of hydrogen-bond acceptors (Lipinski definition) is 3. The van der Waals surface area contributed by atoms with Gasteiger partial charge in [-0.15, -0.1) is 0 Å². The van der Waals surface area contributed by atoms with E-state index in [1.54, 1.807) is 12.1 Å². The van der Waals surface area contributed by atoms with Crippen molar-refractivity contribution in [2.24, 2.45) is 0 Å². The smallest absolute Gasteiger partial charge is 0.116 e. The van der Waals surface area contributed by atoms with Gasteiger partial charge in [0.15, 0.2) is 0 Å². The number of rotatable bonds is 3. The first-order chi connectivity index (χ1) is 8.72. The van der Waals surface area contributed by atoms with Crippen LogP contribution >= 0.6 is 11.8 Å². The lowest BCUT2D eigenvalue weighted by atomic mass is 10.2. The molecule has 0 saturated heterocycles. The van der Waals surface area contributed by atoms with Crippen LogP contribution in [0, 0.1) is 11.3 Å². The van der Waals surface area contributed by atoms with Crippen LogP contribution in [0.5, 0.6) is 0 Å². The molecule has 0 amide bonds. The number of nitriles is 1. The van der Waals surface area contributed by atoms with Gasteiger partial charge in [-0.05, 0) is 18.2 Å². The van der Waals surface area contributed by atoms with Gasteiger partial charge in [-0.1, -0.05) is 48.7 Å². The van der Waals surface area contributed by atoms with Crippen LogP contribution in [0.1, 0.15) is 11.1 Å². The highest BCUT2D eigenvalue weighted by Gasteiger charge is 2.08. The fourth-order valence-corrected chi connectivity index (χ4v) is 2.61. The van der Waals surface area contributed by atoms with E-state index in [4.69, 9.17) is 5.26 Å². The standard InChI is InChI=1S/C15H11NOS/c1-11(17)13-7-3-5-9-15(13)18-14-8-4-2-6-12(14)10-16/h2-9,17H,1H2. The molecule has 88 valence electrons. The van der Waals surface area contributed by atoms with Crippen LogP contribution < -0.4 is 0 Å². The van der Waals surface area contributed by atoms with Crippen molar-refractivity contribution < 1.29 is 5.11 Å². The summed E-state index contributed by atoms with van der Waals surface area (Å²) in [5.74, 6) is 0.0348. The Labute approximate surface area is 110 Å². The second-order valence-electron chi connectivity index (χ2n) is 3.65. The fourth-order valence-electron chi connectivity index (χ4n) is 1.56. The van der Waals surface area contributed by atoms with Crippen LogP contribution in [0.4, 0.5) is 0 Å². The molecule has 0 aliphatic carbocycles. The summed E-state index contributed by atoms with van der Waals surface area (Å²) < 4.78 is 0. The summed E-state index contributed by atoms with van der Waals surface area (Å²) in [7, 11) is 0. The zero-order valence-electron chi connectivity index (χ0n) is 9.63. The summed E-state index contributed by atoms with van der Waals surface area (Å²) in [6, 6.07) is 17.0. The lowest BCUT2D eigenvalue weighted by molar-refractivity contribution is 0.512. The number of aliphatic hydroxyl groups is 1. The van der Waals surface area contributed by atoms with Gasteiger partial charge in [-0.2, -0.15) is 5.26 Å². The third-order valence-corrected chi connectivity index (χ3v) is 3.58. The molecule has 0 unspecified atom stereocenters. The normalized spacial score (nSPS) is 9.72. The van der Waals surface area contributed by atoms with Crippen molar-refractivity contribution in [3.63, 3.8) is 0 Å². The van der Waals surface area contributed by atoms with E-state index < -0.39 is 0 Å². The van der Waals surface area contributed by atoms with Crippen molar-refractivity contribution >= 4 is 17.5 Å². The third-order valence-electron chi connectivity index (χ3n) is 2.43. The Hall–Kier alpha value is -2.18. The van der Waals surface area contributed by atoms with Gasteiger partial charge in [0.2, 0.25) is 0 Å². The quantitative estimate of drug-likeness (QED) is 0.832. The molecule has 2 aromatic carbocycles. The van der Waals surface area contributed by atoms with Crippen LogP contribution in [-0.2, 0) is 0 Å². The van der Waals surface area contributed by atoms with Crippen molar-refractivity contribution in [2.75, 3.05) is 0 Å². The summed E-state index contributed by atoms with van der Waals surface area (Å²) in [5.41, 5.74) is 1.32. The Bertz CT molecular complexity index is 628. The highest BCUT2D eigenvalue weighted by atomic mass is 32.2. The Morgan fingerprint density at radius 3 is 2.33 bits per heavy atom. The maximum Gasteiger partial charge on any atom is 0.116 e. The van der Waals surface area contributed by atoms with E-state index in [2.05, 4.69) is 12.6 Å². The van der Waals surface area contributed by atoms with Gasteiger partial charge < -0.3 is 5.11 Å². The molecule has 0 aliphatic heterocycles. The Balaban J connectivity index is 2.41. The van der Waals surface area contributed by atoms with Crippen molar-refractivity contribution in [3.8, 4) is 6.07 Å². The maximum absolute atomic E-state index is 9.54. The first-order valence-corrected chi connectivity index (χ1v) is 6.18. The highest BCUT2D eigenvalue weighted by molar-refractivity contribution is 7.99. The molecule has 0 aromatic heterocycles. The molecular weight excluding hydrogens is 242 g/mol. The molecule has 0 atom stereocenters. The van der Waals surface area contributed by atoms with Crippen LogP contribution in [0.2, 0.25) is 0 Å². The molecule has 0 bridgehead atoms. The first kappa shape index (κ1) is 12.3. The molecule has 0 fully saturated rings. The molecule has 2 aromatic rings. The average Bonchev–Trinajstić information content (AvgIpc) is 2.40. The summed E-state index contributed by atoms with van der Waals surface area (Å²) in [5, 5.41) is 18.6. The molecule has 0 saturated carbocycles. The number of benzene rings is 2. The molecule has 1 N–H and O–H groups in total. The second-order valence-corrected chi connectivity index (χ2v) is 4.74. The predicted octanol–water partition coefficient (Wildman–Crippen LogP) is 4.24. The molecule has 2 rings (SSSR count). The molecule has 0 radical (unpaired) electrons. The first-order valence-electron chi connectivity index (χ1n) is 5.36. The summed E-state index contributed by atoms with van der Waals surface area (Å²) in [4.78, 5) is 1.75. The Morgan fingerprint density at radius 2 is 1.67 bits per heavy atom. The van der Waals surface area contributed by atoms with E-state index in [0.717, 1.165) is 9.79 Å². The SMILES string of the molecule is C=C(O)c1ccccc1Sc1ccccc1C#N. The van der Waals surface area contributed by atoms with Crippen molar-refractivity contribution in [1.29, 1.82) is 5.26 Å². The van der Waals surface area contributed by atoms with Crippen molar-refractivity contribution in [1.82, 2.24) is 0 Å². The Morgan fingerprint density at radius 1 is 1.06 bits per heavy atom. The van der Waals surface area contributed by atoms with Crippen LogP contribution in [0.3, 0.4) is 0 Å². The minimum Gasteiger partial charge on any atom is -0.508 e.